The van der Waals surface area contributed by atoms with Crippen molar-refractivity contribution < 1.29 is 4.74 Å². The summed E-state index contributed by atoms with van der Waals surface area (Å²) in [6.07, 6.45) is 1.13. The standard InChI is InChI=1S/C15H25NO/c1-5-12-8-7-9-13(10-12)14(16)15(11(3)4)17-6-2/h7-11,14-15H,5-6,16H2,1-4H3. The van der Waals surface area contributed by atoms with Gasteiger partial charge in [-0.05, 0) is 30.4 Å². The van der Waals surface area contributed by atoms with Crippen LogP contribution in [0, 0.1) is 5.92 Å². The zero-order chi connectivity index (χ0) is 12.8. The molecule has 0 aromatic heterocycles. The van der Waals surface area contributed by atoms with E-state index in [2.05, 4.69) is 45.0 Å². The van der Waals surface area contributed by atoms with Crippen molar-refractivity contribution in [2.75, 3.05) is 6.61 Å². The Morgan fingerprint density at radius 1 is 1.24 bits per heavy atom. The maximum Gasteiger partial charge on any atom is 0.0790 e. The number of rotatable bonds is 6. The third-order valence-corrected chi connectivity index (χ3v) is 3.11. The molecule has 0 saturated carbocycles. The van der Waals surface area contributed by atoms with Crippen LogP contribution >= 0.6 is 0 Å². The van der Waals surface area contributed by atoms with Gasteiger partial charge in [-0.1, -0.05) is 45.0 Å². The van der Waals surface area contributed by atoms with Crippen LogP contribution in [0.5, 0.6) is 0 Å². The molecule has 0 radical (unpaired) electrons. The van der Waals surface area contributed by atoms with Crippen LogP contribution in [0.1, 0.15) is 44.9 Å². The van der Waals surface area contributed by atoms with E-state index < -0.39 is 0 Å². The molecule has 0 aliphatic rings. The highest BCUT2D eigenvalue weighted by atomic mass is 16.5. The Hall–Kier alpha value is -0.860. The van der Waals surface area contributed by atoms with Crippen LogP contribution < -0.4 is 5.73 Å². The van der Waals surface area contributed by atoms with Gasteiger partial charge in [-0.3, -0.25) is 0 Å². The Balaban J connectivity index is 2.88. The lowest BCUT2D eigenvalue weighted by Gasteiger charge is -2.27. The third-order valence-electron chi connectivity index (χ3n) is 3.11. The van der Waals surface area contributed by atoms with Gasteiger partial charge in [0.2, 0.25) is 0 Å². The Morgan fingerprint density at radius 3 is 2.47 bits per heavy atom. The van der Waals surface area contributed by atoms with E-state index in [4.69, 9.17) is 10.5 Å². The summed E-state index contributed by atoms with van der Waals surface area (Å²) in [4.78, 5) is 0. The fourth-order valence-electron chi connectivity index (χ4n) is 2.11. The van der Waals surface area contributed by atoms with Crippen LogP contribution in [-0.4, -0.2) is 12.7 Å². The molecule has 2 heteroatoms. The summed E-state index contributed by atoms with van der Waals surface area (Å²) < 4.78 is 5.77. The molecule has 2 atom stereocenters. The Labute approximate surface area is 105 Å². The summed E-state index contributed by atoms with van der Waals surface area (Å²) in [6, 6.07) is 8.47. The molecule has 0 amide bonds. The fourth-order valence-corrected chi connectivity index (χ4v) is 2.11. The molecule has 2 nitrogen and oxygen atoms in total. The van der Waals surface area contributed by atoms with Gasteiger partial charge < -0.3 is 10.5 Å². The maximum atomic E-state index is 6.32. The zero-order valence-electron chi connectivity index (χ0n) is 11.4. The van der Waals surface area contributed by atoms with Crippen LogP contribution in [0.25, 0.3) is 0 Å². The van der Waals surface area contributed by atoms with Crippen molar-refractivity contribution in [1.29, 1.82) is 0 Å². The molecular weight excluding hydrogens is 210 g/mol. The fraction of sp³-hybridized carbons (Fsp3) is 0.600. The summed E-state index contributed by atoms with van der Waals surface area (Å²) in [5.74, 6) is 0.426. The van der Waals surface area contributed by atoms with E-state index in [0.29, 0.717) is 12.5 Å². The van der Waals surface area contributed by atoms with Crippen LogP contribution in [-0.2, 0) is 11.2 Å². The van der Waals surface area contributed by atoms with Crippen molar-refractivity contribution in [1.82, 2.24) is 0 Å². The largest absolute Gasteiger partial charge is 0.376 e. The highest BCUT2D eigenvalue weighted by molar-refractivity contribution is 5.26. The first-order chi connectivity index (χ1) is 8.10. The molecule has 0 saturated heterocycles. The minimum atomic E-state index is -0.0403. The molecule has 0 aliphatic carbocycles. The van der Waals surface area contributed by atoms with E-state index in [0.717, 1.165) is 6.42 Å². The lowest BCUT2D eigenvalue weighted by Crippen LogP contribution is -2.33. The first kappa shape index (κ1) is 14.2. The van der Waals surface area contributed by atoms with E-state index in [-0.39, 0.29) is 12.1 Å². The maximum absolute atomic E-state index is 6.32. The van der Waals surface area contributed by atoms with Crippen molar-refractivity contribution in [3.63, 3.8) is 0 Å². The van der Waals surface area contributed by atoms with Gasteiger partial charge in [0.25, 0.3) is 0 Å². The highest BCUT2D eigenvalue weighted by Gasteiger charge is 2.23. The summed E-state index contributed by atoms with van der Waals surface area (Å²) in [5.41, 5.74) is 8.83. The number of hydrogen-bond donors (Lipinski definition) is 1. The number of nitrogens with two attached hydrogens (primary N) is 1. The predicted octanol–water partition coefficient (Wildman–Crippen LogP) is 3.31. The summed E-state index contributed by atoms with van der Waals surface area (Å²) in [7, 11) is 0. The topological polar surface area (TPSA) is 35.2 Å². The quantitative estimate of drug-likeness (QED) is 0.821. The summed E-state index contributed by atoms with van der Waals surface area (Å²) in [5, 5.41) is 0. The van der Waals surface area contributed by atoms with Crippen molar-refractivity contribution >= 4 is 0 Å². The lowest BCUT2D eigenvalue weighted by atomic mass is 9.93. The summed E-state index contributed by atoms with van der Waals surface area (Å²) >= 11 is 0. The van der Waals surface area contributed by atoms with Crippen LogP contribution in [0.2, 0.25) is 0 Å². The lowest BCUT2D eigenvalue weighted by molar-refractivity contribution is 0.0121. The molecule has 17 heavy (non-hydrogen) atoms. The van der Waals surface area contributed by atoms with Crippen molar-refractivity contribution in [2.24, 2.45) is 11.7 Å². The van der Waals surface area contributed by atoms with Crippen molar-refractivity contribution in [2.45, 2.75) is 46.3 Å². The molecule has 0 bridgehead atoms. The van der Waals surface area contributed by atoms with Crippen molar-refractivity contribution in [3.05, 3.63) is 35.4 Å². The molecule has 2 N–H and O–H groups in total. The zero-order valence-corrected chi connectivity index (χ0v) is 11.4. The van der Waals surface area contributed by atoms with E-state index >= 15 is 0 Å². The van der Waals surface area contributed by atoms with Crippen molar-refractivity contribution in [3.8, 4) is 0 Å². The number of hydrogen-bond acceptors (Lipinski definition) is 2. The normalized spacial score (nSPS) is 14.9. The van der Waals surface area contributed by atoms with Gasteiger partial charge in [0.15, 0.2) is 0 Å². The average molecular weight is 235 g/mol. The second-order valence-corrected chi connectivity index (χ2v) is 4.79. The van der Waals surface area contributed by atoms with E-state index in [1.807, 2.05) is 6.92 Å². The smallest absolute Gasteiger partial charge is 0.0790 e. The first-order valence-electron chi connectivity index (χ1n) is 6.56. The third kappa shape index (κ3) is 3.83. The molecule has 0 fully saturated rings. The second-order valence-electron chi connectivity index (χ2n) is 4.79. The van der Waals surface area contributed by atoms with E-state index in [1.165, 1.54) is 11.1 Å². The molecule has 96 valence electrons. The first-order valence-corrected chi connectivity index (χ1v) is 6.56. The van der Waals surface area contributed by atoms with E-state index in [9.17, 15) is 0 Å². The SMILES string of the molecule is CCOC(C(C)C)C(N)c1cccc(CC)c1. The molecule has 0 spiro atoms. The number of benzene rings is 1. The monoisotopic (exact) mass is 235 g/mol. The van der Waals surface area contributed by atoms with Crippen LogP contribution in [0.3, 0.4) is 0 Å². The number of ether oxygens (including phenoxy) is 1. The number of aryl methyl sites for hydroxylation is 1. The summed E-state index contributed by atoms with van der Waals surface area (Å²) in [6.45, 7) is 9.20. The van der Waals surface area contributed by atoms with E-state index in [1.54, 1.807) is 0 Å². The Bertz CT molecular complexity index is 335. The van der Waals surface area contributed by atoms with Gasteiger partial charge in [-0.25, -0.2) is 0 Å². The molecule has 1 rings (SSSR count). The van der Waals surface area contributed by atoms with Gasteiger partial charge in [0.1, 0.15) is 0 Å². The van der Waals surface area contributed by atoms with Gasteiger partial charge in [-0.2, -0.15) is 0 Å². The van der Waals surface area contributed by atoms with Crippen LogP contribution in [0.4, 0.5) is 0 Å². The minimum absolute atomic E-state index is 0.0403. The van der Waals surface area contributed by atoms with Gasteiger partial charge in [0, 0.05) is 6.61 Å². The molecule has 1 aromatic rings. The molecule has 0 aliphatic heterocycles. The minimum Gasteiger partial charge on any atom is -0.376 e. The predicted molar refractivity (Wildman–Crippen MR) is 73.0 cm³/mol. The van der Waals surface area contributed by atoms with Gasteiger partial charge in [0.05, 0.1) is 12.1 Å². The molecule has 2 unspecified atom stereocenters. The average Bonchev–Trinajstić information content (AvgIpc) is 2.34. The second kappa shape index (κ2) is 6.77. The molecular formula is C15H25NO. The molecule has 0 heterocycles. The van der Waals surface area contributed by atoms with Crippen LogP contribution in [0.15, 0.2) is 24.3 Å². The van der Waals surface area contributed by atoms with Gasteiger partial charge >= 0.3 is 0 Å². The Kier molecular flexibility index (Phi) is 5.66. The highest BCUT2D eigenvalue weighted by Crippen LogP contribution is 2.23. The van der Waals surface area contributed by atoms with Gasteiger partial charge in [-0.15, -0.1) is 0 Å². The molecule has 1 aromatic carbocycles. The Morgan fingerprint density at radius 2 is 1.94 bits per heavy atom.